The molecule has 0 radical (unpaired) electrons. The third-order valence-corrected chi connectivity index (χ3v) is 9.00. The monoisotopic (exact) mass is 498 g/mol. The number of nitrogens with one attached hydrogen (secondary N) is 2. The third kappa shape index (κ3) is 4.85. The van der Waals surface area contributed by atoms with E-state index in [0.29, 0.717) is 40.4 Å². The molecule has 4 aliphatic carbocycles. The lowest BCUT2D eigenvalue weighted by Crippen LogP contribution is -2.62. The lowest BCUT2D eigenvalue weighted by atomic mass is 9.53. The van der Waals surface area contributed by atoms with Crippen molar-refractivity contribution in [2.75, 3.05) is 13.7 Å². The minimum Gasteiger partial charge on any atom is -0.383 e. The van der Waals surface area contributed by atoms with Crippen LogP contribution in [-0.4, -0.2) is 46.0 Å². The van der Waals surface area contributed by atoms with E-state index in [0.717, 1.165) is 19.3 Å². The normalized spacial score (nSPS) is 28.6. The summed E-state index contributed by atoms with van der Waals surface area (Å²) in [6, 6.07) is 6.50. The van der Waals surface area contributed by atoms with Crippen LogP contribution >= 0.6 is 11.8 Å². The molecule has 1 aromatic carbocycles. The Morgan fingerprint density at radius 2 is 1.77 bits per heavy atom. The first-order valence-electron chi connectivity index (χ1n) is 12.6. The predicted molar refractivity (Wildman–Crippen MR) is 135 cm³/mol. The van der Waals surface area contributed by atoms with Gasteiger partial charge < -0.3 is 10.1 Å². The zero-order valence-electron chi connectivity index (χ0n) is 20.6. The van der Waals surface area contributed by atoms with Gasteiger partial charge in [-0.15, -0.1) is 0 Å². The van der Waals surface area contributed by atoms with E-state index in [1.54, 1.807) is 30.7 Å². The predicted octanol–water partition coefficient (Wildman–Crippen LogP) is 3.88. The summed E-state index contributed by atoms with van der Waals surface area (Å²) < 4.78 is 6.85. The Kier molecular flexibility index (Phi) is 6.65. The number of hydrogen-bond acceptors (Lipinski definition) is 6. The van der Waals surface area contributed by atoms with Gasteiger partial charge in [-0.2, -0.15) is 0 Å². The van der Waals surface area contributed by atoms with E-state index in [1.165, 1.54) is 31.0 Å². The van der Waals surface area contributed by atoms with Gasteiger partial charge in [0.15, 0.2) is 5.16 Å². The zero-order chi connectivity index (χ0) is 24.7. The van der Waals surface area contributed by atoms with E-state index >= 15 is 0 Å². The molecule has 9 heteroatoms. The zero-order valence-corrected chi connectivity index (χ0v) is 21.4. The van der Waals surface area contributed by atoms with E-state index in [9.17, 15) is 14.4 Å². The molecule has 188 valence electrons. The number of imide groups is 1. The number of aromatic nitrogens is 2. The molecule has 0 aliphatic heterocycles. The molecule has 1 aromatic heterocycles. The second kappa shape index (κ2) is 9.58. The number of fused-ring (bicyclic) bond motifs is 1. The molecule has 2 atom stereocenters. The quantitative estimate of drug-likeness (QED) is 0.444. The number of thioether (sulfide) groups is 1. The summed E-state index contributed by atoms with van der Waals surface area (Å²) in [6.45, 7) is 3.95. The molecular formula is C26H34N4O4S. The highest BCUT2D eigenvalue weighted by atomic mass is 32.2. The lowest BCUT2D eigenvalue weighted by molar-refractivity contribution is -0.119. The molecule has 4 saturated carbocycles. The number of hydrogen-bond donors (Lipinski definition) is 2. The van der Waals surface area contributed by atoms with Crippen molar-refractivity contribution >= 4 is 34.6 Å². The van der Waals surface area contributed by atoms with E-state index < -0.39 is 17.2 Å². The van der Waals surface area contributed by atoms with Gasteiger partial charge in [0.2, 0.25) is 5.91 Å². The standard InChI is InChI=1S/C26H34N4O4S/c1-15(14-34-3)30-23(32)20-6-4-5-7-21(20)27-25(30)35-16(2)22(31)28-24(33)29-26-11-17-8-18(12-26)10-19(9-17)13-26/h4-7,15-19H,8-14H2,1-3H3,(H2,28,29,31,33). The van der Waals surface area contributed by atoms with Crippen LogP contribution < -0.4 is 16.2 Å². The third-order valence-electron chi connectivity index (χ3n) is 7.93. The highest BCUT2D eigenvalue weighted by Gasteiger charge is 2.51. The molecule has 1 heterocycles. The van der Waals surface area contributed by atoms with Gasteiger partial charge in [-0.05, 0) is 82.3 Å². The summed E-state index contributed by atoms with van der Waals surface area (Å²) >= 11 is 1.18. The van der Waals surface area contributed by atoms with Crippen LogP contribution in [-0.2, 0) is 9.53 Å². The molecule has 2 aromatic rings. The van der Waals surface area contributed by atoms with Crippen LogP contribution in [0.25, 0.3) is 10.9 Å². The van der Waals surface area contributed by atoms with Gasteiger partial charge in [-0.1, -0.05) is 23.9 Å². The number of nitrogens with zero attached hydrogens (tertiary/aromatic N) is 2. The fourth-order valence-electron chi connectivity index (χ4n) is 6.87. The van der Waals surface area contributed by atoms with Gasteiger partial charge in [-0.25, -0.2) is 9.78 Å². The number of para-hydroxylation sites is 1. The van der Waals surface area contributed by atoms with Crippen LogP contribution in [0.3, 0.4) is 0 Å². The highest BCUT2D eigenvalue weighted by molar-refractivity contribution is 8.00. The SMILES string of the molecule is COCC(C)n1c(SC(C)C(=O)NC(=O)NC23CC4CC(CC(C4)C2)C3)nc2ccccc2c1=O. The van der Waals surface area contributed by atoms with Gasteiger partial charge in [-0.3, -0.25) is 19.5 Å². The van der Waals surface area contributed by atoms with Crippen LogP contribution in [0.1, 0.15) is 58.4 Å². The summed E-state index contributed by atoms with van der Waals surface area (Å²) in [5.74, 6) is 1.72. The van der Waals surface area contributed by atoms with E-state index in [2.05, 4.69) is 15.6 Å². The average Bonchev–Trinajstić information content (AvgIpc) is 2.78. The largest absolute Gasteiger partial charge is 0.383 e. The molecule has 6 rings (SSSR count). The molecule has 35 heavy (non-hydrogen) atoms. The summed E-state index contributed by atoms with van der Waals surface area (Å²) in [4.78, 5) is 43.7. The summed E-state index contributed by atoms with van der Waals surface area (Å²) in [5, 5.41) is 6.07. The first-order chi connectivity index (χ1) is 16.8. The number of ether oxygens (including phenoxy) is 1. The summed E-state index contributed by atoms with van der Waals surface area (Å²) in [5.41, 5.74) is 0.244. The van der Waals surface area contributed by atoms with Gasteiger partial charge in [0.25, 0.3) is 5.56 Å². The molecular weight excluding hydrogens is 464 g/mol. The van der Waals surface area contributed by atoms with E-state index in [-0.39, 0.29) is 17.1 Å². The molecule has 3 amide bonds. The number of methoxy groups -OCH3 is 1. The lowest BCUT2D eigenvalue weighted by Gasteiger charge is -2.56. The summed E-state index contributed by atoms with van der Waals surface area (Å²) in [6.07, 6.45) is 6.94. The van der Waals surface area contributed by atoms with Gasteiger partial charge in [0.05, 0.1) is 28.8 Å². The number of carbonyl (C=O) groups is 2. The van der Waals surface area contributed by atoms with E-state index in [4.69, 9.17) is 4.74 Å². The summed E-state index contributed by atoms with van der Waals surface area (Å²) in [7, 11) is 1.58. The van der Waals surface area contributed by atoms with Crippen LogP contribution in [0.4, 0.5) is 4.79 Å². The molecule has 2 N–H and O–H groups in total. The van der Waals surface area contributed by atoms with Crippen molar-refractivity contribution in [3.8, 4) is 0 Å². The van der Waals surface area contributed by atoms with Crippen molar-refractivity contribution in [1.82, 2.24) is 20.2 Å². The van der Waals surface area contributed by atoms with Crippen LogP contribution in [0.2, 0.25) is 0 Å². The fourth-order valence-corrected chi connectivity index (χ4v) is 7.88. The number of amides is 3. The first-order valence-corrected chi connectivity index (χ1v) is 13.4. The van der Waals surface area contributed by atoms with Crippen molar-refractivity contribution in [3.05, 3.63) is 34.6 Å². The second-order valence-corrected chi connectivity index (χ2v) is 12.1. The Hall–Kier alpha value is -2.39. The van der Waals surface area contributed by atoms with Crippen LogP contribution in [0, 0.1) is 17.8 Å². The Bertz CT molecular complexity index is 1160. The minimum atomic E-state index is -0.619. The molecule has 4 fully saturated rings. The fraction of sp³-hybridized carbons (Fsp3) is 0.615. The van der Waals surface area contributed by atoms with E-state index in [1.807, 2.05) is 19.1 Å². The van der Waals surface area contributed by atoms with Crippen LogP contribution in [0.15, 0.2) is 34.2 Å². The molecule has 8 nitrogen and oxygen atoms in total. The van der Waals surface area contributed by atoms with Crippen molar-refractivity contribution in [2.45, 2.75) is 74.4 Å². The average molecular weight is 499 g/mol. The maximum Gasteiger partial charge on any atom is 0.321 e. The maximum absolute atomic E-state index is 13.2. The Morgan fingerprint density at radius 3 is 2.40 bits per heavy atom. The Labute approximate surface area is 209 Å². The number of rotatable bonds is 7. The van der Waals surface area contributed by atoms with Crippen molar-refractivity contribution < 1.29 is 14.3 Å². The van der Waals surface area contributed by atoms with Gasteiger partial charge in [0.1, 0.15) is 0 Å². The van der Waals surface area contributed by atoms with Crippen LogP contribution in [0.5, 0.6) is 0 Å². The number of benzene rings is 1. The van der Waals surface area contributed by atoms with Crippen molar-refractivity contribution in [2.24, 2.45) is 17.8 Å². The van der Waals surface area contributed by atoms with Crippen molar-refractivity contribution in [3.63, 3.8) is 0 Å². The molecule has 2 unspecified atom stereocenters. The minimum absolute atomic E-state index is 0.161. The maximum atomic E-state index is 13.2. The second-order valence-electron chi connectivity index (χ2n) is 10.8. The number of urea groups is 1. The van der Waals surface area contributed by atoms with Crippen molar-refractivity contribution in [1.29, 1.82) is 0 Å². The Balaban J connectivity index is 1.29. The molecule has 0 spiro atoms. The Morgan fingerprint density at radius 1 is 1.14 bits per heavy atom. The molecule has 4 aliphatic rings. The molecule has 4 bridgehead atoms. The molecule has 0 saturated heterocycles. The van der Waals surface area contributed by atoms with Gasteiger partial charge in [0, 0.05) is 12.6 Å². The number of carbonyl (C=O) groups excluding carboxylic acids is 2. The topological polar surface area (TPSA) is 102 Å². The first kappa shape index (κ1) is 24.3. The smallest absolute Gasteiger partial charge is 0.321 e. The van der Waals surface area contributed by atoms with Gasteiger partial charge >= 0.3 is 6.03 Å². The highest BCUT2D eigenvalue weighted by Crippen LogP contribution is 2.55.